The Morgan fingerprint density at radius 3 is 2.63 bits per heavy atom. The molecular weight excluding hydrogens is 382 g/mol. The van der Waals surface area contributed by atoms with Gasteiger partial charge in [-0.25, -0.2) is 0 Å². The highest BCUT2D eigenvalue weighted by Crippen LogP contribution is 2.30. The molecule has 1 saturated heterocycles. The molecule has 2 N–H and O–H groups in total. The van der Waals surface area contributed by atoms with Crippen molar-refractivity contribution in [2.75, 3.05) is 30.3 Å². The average molecular weight is 407 g/mol. The van der Waals surface area contributed by atoms with Crippen LogP contribution < -0.4 is 15.4 Å². The first-order valence-corrected chi connectivity index (χ1v) is 10.3. The SMILES string of the molecule is O=C1COc2cc(NC(=O)C(=O)N3CCC(CCc4ccccc4)CC3)ccc2N1. The number of benzene rings is 2. The van der Waals surface area contributed by atoms with E-state index in [2.05, 4.69) is 34.9 Å². The third kappa shape index (κ3) is 4.79. The monoisotopic (exact) mass is 407 g/mol. The highest BCUT2D eigenvalue weighted by molar-refractivity contribution is 6.39. The molecule has 0 atom stereocenters. The summed E-state index contributed by atoms with van der Waals surface area (Å²) >= 11 is 0. The number of piperidine rings is 1. The van der Waals surface area contributed by atoms with E-state index in [1.165, 1.54) is 5.56 Å². The summed E-state index contributed by atoms with van der Waals surface area (Å²) in [6, 6.07) is 15.3. The maximum Gasteiger partial charge on any atom is 0.313 e. The van der Waals surface area contributed by atoms with E-state index in [9.17, 15) is 14.4 Å². The van der Waals surface area contributed by atoms with Crippen molar-refractivity contribution < 1.29 is 19.1 Å². The number of aryl methyl sites for hydroxylation is 1. The van der Waals surface area contributed by atoms with Gasteiger partial charge in [-0.15, -0.1) is 0 Å². The topological polar surface area (TPSA) is 87.7 Å². The standard InChI is InChI=1S/C23H25N3O4/c27-21-15-30-20-14-18(8-9-19(20)25-21)24-22(28)23(29)26-12-10-17(11-13-26)7-6-16-4-2-1-3-5-16/h1-5,8-9,14,17H,6-7,10-13,15H2,(H,24,28)(H,25,27). The molecule has 2 aliphatic rings. The van der Waals surface area contributed by atoms with Gasteiger partial charge in [0, 0.05) is 24.8 Å². The van der Waals surface area contributed by atoms with Crippen molar-refractivity contribution in [2.45, 2.75) is 25.7 Å². The van der Waals surface area contributed by atoms with Crippen molar-refractivity contribution in [3.63, 3.8) is 0 Å². The first-order valence-electron chi connectivity index (χ1n) is 10.3. The summed E-state index contributed by atoms with van der Waals surface area (Å²) in [5.74, 6) is -0.341. The second-order valence-electron chi connectivity index (χ2n) is 7.76. The molecule has 2 aromatic carbocycles. The molecule has 0 radical (unpaired) electrons. The van der Waals surface area contributed by atoms with Gasteiger partial charge in [-0.1, -0.05) is 30.3 Å². The maximum atomic E-state index is 12.5. The van der Waals surface area contributed by atoms with Crippen molar-refractivity contribution in [3.8, 4) is 5.75 Å². The molecule has 0 bridgehead atoms. The van der Waals surface area contributed by atoms with Crippen molar-refractivity contribution in [1.29, 1.82) is 0 Å². The van der Waals surface area contributed by atoms with Gasteiger partial charge in [0.15, 0.2) is 6.61 Å². The quantitative estimate of drug-likeness (QED) is 0.763. The number of fused-ring (bicyclic) bond motifs is 1. The molecule has 4 rings (SSSR count). The minimum absolute atomic E-state index is 0.0669. The Kier molecular flexibility index (Phi) is 5.97. The smallest absolute Gasteiger partial charge is 0.313 e. The van der Waals surface area contributed by atoms with Crippen LogP contribution in [0.4, 0.5) is 11.4 Å². The second kappa shape index (κ2) is 8.98. The number of carbonyl (C=O) groups excluding carboxylic acids is 3. The Bertz CT molecular complexity index is 937. The van der Waals surface area contributed by atoms with E-state index in [1.54, 1.807) is 23.1 Å². The van der Waals surface area contributed by atoms with Gasteiger partial charge >= 0.3 is 11.8 Å². The number of anilines is 2. The third-order valence-electron chi connectivity index (χ3n) is 5.65. The van der Waals surface area contributed by atoms with Crippen molar-refractivity contribution >= 4 is 29.1 Å². The fourth-order valence-electron chi connectivity index (χ4n) is 3.92. The lowest BCUT2D eigenvalue weighted by atomic mass is 9.90. The summed E-state index contributed by atoms with van der Waals surface area (Å²) < 4.78 is 5.34. The summed E-state index contributed by atoms with van der Waals surface area (Å²) in [6.45, 7) is 1.14. The number of amides is 3. The lowest BCUT2D eigenvalue weighted by molar-refractivity contribution is -0.144. The van der Waals surface area contributed by atoms with Crippen LogP contribution >= 0.6 is 0 Å². The van der Waals surface area contributed by atoms with Crippen molar-refractivity contribution in [3.05, 3.63) is 54.1 Å². The lowest BCUT2D eigenvalue weighted by Gasteiger charge is -2.31. The maximum absolute atomic E-state index is 12.5. The van der Waals surface area contributed by atoms with Crippen molar-refractivity contribution in [2.24, 2.45) is 5.92 Å². The Balaban J connectivity index is 1.26. The summed E-state index contributed by atoms with van der Waals surface area (Å²) in [4.78, 5) is 37.9. The normalized spacial score (nSPS) is 16.3. The van der Waals surface area contributed by atoms with Crippen LogP contribution in [0.15, 0.2) is 48.5 Å². The van der Waals surface area contributed by atoms with Gasteiger partial charge in [0.1, 0.15) is 5.75 Å². The zero-order valence-corrected chi connectivity index (χ0v) is 16.7. The molecule has 30 heavy (non-hydrogen) atoms. The summed E-state index contributed by atoms with van der Waals surface area (Å²) in [5, 5.41) is 5.32. The number of hydrogen-bond donors (Lipinski definition) is 2. The van der Waals surface area contributed by atoms with Gasteiger partial charge in [-0.05, 0) is 49.3 Å². The molecule has 1 fully saturated rings. The minimum atomic E-state index is -0.655. The first kappa shape index (κ1) is 19.9. The molecule has 7 heteroatoms. The minimum Gasteiger partial charge on any atom is -0.482 e. The van der Waals surface area contributed by atoms with Crippen LogP contribution in [-0.4, -0.2) is 42.3 Å². The molecule has 0 aromatic heterocycles. The molecule has 0 spiro atoms. The number of likely N-dealkylation sites (tertiary alicyclic amines) is 1. The third-order valence-corrected chi connectivity index (χ3v) is 5.65. The second-order valence-corrected chi connectivity index (χ2v) is 7.76. The Hall–Kier alpha value is -3.35. The lowest BCUT2D eigenvalue weighted by Crippen LogP contribution is -2.44. The Morgan fingerprint density at radius 1 is 1.10 bits per heavy atom. The summed E-state index contributed by atoms with van der Waals surface area (Å²) in [5.41, 5.74) is 2.35. The molecule has 156 valence electrons. The van der Waals surface area contributed by atoms with Gasteiger partial charge in [0.05, 0.1) is 5.69 Å². The van der Waals surface area contributed by atoms with Crippen LogP contribution in [0.3, 0.4) is 0 Å². The number of rotatable bonds is 4. The van der Waals surface area contributed by atoms with E-state index < -0.39 is 11.8 Å². The number of nitrogens with zero attached hydrogens (tertiary/aromatic N) is 1. The van der Waals surface area contributed by atoms with Crippen LogP contribution in [0.5, 0.6) is 5.75 Å². The van der Waals surface area contributed by atoms with E-state index in [1.807, 2.05) is 6.07 Å². The number of carbonyl (C=O) groups is 3. The van der Waals surface area contributed by atoms with Gasteiger partial charge in [-0.2, -0.15) is 0 Å². The predicted octanol–water partition coefficient (Wildman–Crippen LogP) is 2.83. The van der Waals surface area contributed by atoms with E-state index in [0.29, 0.717) is 36.1 Å². The molecule has 2 aliphatic heterocycles. The highest BCUT2D eigenvalue weighted by atomic mass is 16.5. The zero-order valence-electron chi connectivity index (χ0n) is 16.7. The molecule has 2 heterocycles. The van der Waals surface area contributed by atoms with Crippen LogP contribution in [0.2, 0.25) is 0 Å². The summed E-state index contributed by atoms with van der Waals surface area (Å²) in [6.07, 6.45) is 3.97. The number of nitrogens with one attached hydrogen (secondary N) is 2. The molecule has 0 aliphatic carbocycles. The van der Waals surface area contributed by atoms with E-state index in [-0.39, 0.29) is 12.5 Å². The molecular formula is C23H25N3O4. The van der Waals surface area contributed by atoms with Crippen molar-refractivity contribution in [1.82, 2.24) is 4.90 Å². The van der Waals surface area contributed by atoms with Gasteiger partial charge < -0.3 is 20.3 Å². The van der Waals surface area contributed by atoms with Gasteiger partial charge in [0.2, 0.25) is 0 Å². The highest BCUT2D eigenvalue weighted by Gasteiger charge is 2.27. The van der Waals surface area contributed by atoms with Gasteiger partial charge in [0.25, 0.3) is 5.91 Å². The predicted molar refractivity (Wildman–Crippen MR) is 113 cm³/mol. The fourth-order valence-corrected chi connectivity index (χ4v) is 3.92. The zero-order chi connectivity index (χ0) is 20.9. The van der Waals surface area contributed by atoms with E-state index in [4.69, 9.17) is 4.74 Å². The molecule has 0 unspecified atom stereocenters. The first-order chi connectivity index (χ1) is 14.6. The average Bonchev–Trinajstić information content (AvgIpc) is 2.78. The number of hydrogen-bond acceptors (Lipinski definition) is 4. The number of ether oxygens (including phenoxy) is 1. The molecule has 7 nitrogen and oxygen atoms in total. The molecule has 2 aromatic rings. The Morgan fingerprint density at radius 2 is 1.87 bits per heavy atom. The van der Waals surface area contributed by atoms with Crippen LogP contribution in [0, 0.1) is 5.92 Å². The van der Waals surface area contributed by atoms with Crippen LogP contribution in [-0.2, 0) is 20.8 Å². The molecule has 0 saturated carbocycles. The van der Waals surface area contributed by atoms with Crippen LogP contribution in [0.1, 0.15) is 24.8 Å². The fraction of sp³-hybridized carbons (Fsp3) is 0.348. The van der Waals surface area contributed by atoms with E-state index >= 15 is 0 Å². The Labute approximate surface area is 175 Å². The van der Waals surface area contributed by atoms with E-state index in [0.717, 1.165) is 25.7 Å². The summed E-state index contributed by atoms with van der Waals surface area (Å²) in [7, 11) is 0. The largest absolute Gasteiger partial charge is 0.482 e. The van der Waals surface area contributed by atoms with Gasteiger partial charge in [-0.3, -0.25) is 14.4 Å². The molecule has 3 amide bonds. The van der Waals surface area contributed by atoms with Crippen LogP contribution in [0.25, 0.3) is 0 Å².